The fourth-order valence-corrected chi connectivity index (χ4v) is 2.55. The van der Waals surface area contributed by atoms with E-state index in [1.165, 1.54) is 32.1 Å². The average molecular weight is 346 g/mol. The molecule has 0 radical (unpaired) electrons. The van der Waals surface area contributed by atoms with Crippen molar-refractivity contribution in [3.05, 3.63) is 35.9 Å². The molecule has 0 aliphatic carbocycles. The summed E-state index contributed by atoms with van der Waals surface area (Å²) in [5, 5.41) is 13.0. The number of aliphatic carboxylic acids is 1. The van der Waals surface area contributed by atoms with Crippen LogP contribution >= 0.6 is 0 Å². The summed E-state index contributed by atoms with van der Waals surface area (Å²) in [6, 6.07) is 9.35. The van der Waals surface area contributed by atoms with Crippen molar-refractivity contribution in [2.75, 3.05) is 0 Å². The zero-order chi connectivity index (χ0) is 18.3. The fraction of sp³-hybridized carbons (Fsp3) is 0.550. The summed E-state index contributed by atoms with van der Waals surface area (Å²) in [7, 11) is 0. The average Bonchev–Trinajstić information content (AvgIpc) is 2.61. The van der Waals surface area contributed by atoms with Gasteiger partial charge in [-0.3, -0.25) is 9.59 Å². The number of hydrazone groups is 1. The normalized spacial score (nSPS) is 11.3. The third-order valence-electron chi connectivity index (χ3n) is 4.01. The Balaban J connectivity index is 2.39. The minimum Gasteiger partial charge on any atom is -0.481 e. The number of hydrogen-bond acceptors (Lipinski definition) is 3. The number of nitrogens with zero attached hydrogens (tertiary/aromatic N) is 1. The summed E-state index contributed by atoms with van der Waals surface area (Å²) in [6.07, 6.45) is 8.87. The molecule has 0 fully saturated rings. The maximum Gasteiger partial charge on any atom is 0.303 e. The quantitative estimate of drug-likeness (QED) is 0.313. The lowest BCUT2D eigenvalue weighted by Gasteiger charge is -2.07. The van der Waals surface area contributed by atoms with Gasteiger partial charge in [-0.05, 0) is 12.0 Å². The molecule has 2 N–H and O–H groups in total. The van der Waals surface area contributed by atoms with Crippen LogP contribution in [-0.2, 0) is 9.59 Å². The van der Waals surface area contributed by atoms with E-state index in [2.05, 4.69) is 17.5 Å². The summed E-state index contributed by atoms with van der Waals surface area (Å²) in [5.74, 6) is -0.990. The van der Waals surface area contributed by atoms with Gasteiger partial charge in [-0.25, -0.2) is 5.43 Å². The first-order valence-corrected chi connectivity index (χ1v) is 9.26. The van der Waals surface area contributed by atoms with Crippen LogP contribution in [-0.4, -0.2) is 22.7 Å². The summed E-state index contributed by atoms with van der Waals surface area (Å²) < 4.78 is 0. The van der Waals surface area contributed by atoms with Crippen molar-refractivity contribution in [3.63, 3.8) is 0 Å². The smallest absolute Gasteiger partial charge is 0.303 e. The molecule has 1 rings (SSSR count). The molecule has 0 saturated heterocycles. The van der Waals surface area contributed by atoms with Crippen LogP contribution in [0, 0.1) is 0 Å². The Kier molecular flexibility index (Phi) is 11.0. The van der Waals surface area contributed by atoms with E-state index >= 15 is 0 Å². The van der Waals surface area contributed by atoms with Gasteiger partial charge in [-0.1, -0.05) is 75.8 Å². The third-order valence-corrected chi connectivity index (χ3v) is 4.01. The van der Waals surface area contributed by atoms with Crippen molar-refractivity contribution in [3.8, 4) is 0 Å². The minimum absolute atomic E-state index is 0.0125. The molecule has 0 unspecified atom stereocenters. The highest BCUT2D eigenvalue weighted by atomic mass is 16.4. The largest absolute Gasteiger partial charge is 0.481 e. The van der Waals surface area contributed by atoms with Gasteiger partial charge in [0.1, 0.15) is 0 Å². The van der Waals surface area contributed by atoms with Crippen LogP contribution in [0.5, 0.6) is 0 Å². The first kappa shape index (κ1) is 20.9. The number of hydrogen-bond donors (Lipinski definition) is 2. The lowest BCUT2D eigenvalue weighted by atomic mass is 10.1. The highest BCUT2D eigenvalue weighted by molar-refractivity contribution is 6.02. The van der Waals surface area contributed by atoms with Crippen LogP contribution in [0.4, 0.5) is 0 Å². The van der Waals surface area contributed by atoms with Crippen molar-refractivity contribution in [1.82, 2.24) is 5.43 Å². The Morgan fingerprint density at radius 3 is 2.20 bits per heavy atom. The minimum atomic E-state index is -0.877. The van der Waals surface area contributed by atoms with Gasteiger partial charge in [0.2, 0.25) is 5.91 Å². The molecule has 1 amide bonds. The molecule has 1 aromatic carbocycles. The van der Waals surface area contributed by atoms with Gasteiger partial charge >= 0.3 is 5.97 Å². The van der Waals surface area contributed by atoms with E-state index in [-0.39, 0.29) is 18.7 Å². The molecule has 5 nitrogen and oxygen atoms in total. The number of benzene rings is 1. The van der Waals surface area contributed by atoms with E-state index in [9.17, 15) is 9.59 Å². The molecule has 0 saturated carbocycles. The molecule has 1 aromatic rings. The monoisotopic (exact) mass is 346 g/mol. The number of rotatable bonds is 13. The maximum absolute atomic E-state index is 11.9. The molecule has 138 valence electrons. The zero-order valence-electron chi connectivity index (χ0n) is 15.2. The van der Waals surface area contributed by atoms with E-state index in [0.29, 0.717) is 12.1 Å². The topological polar surface area (TPSA) is 78.8 Å². The molecule has 5 heteroatoms. The number of amides is 1. The molecule has 0 aliphatic rings. The van der Waals surface area contributed by atoms with Crippen molar-refractivity contribution in [1.29, 1.82) is 0 Å². The second-order valence-electron chi connectivity index (χ2n) is 6.22. The highest BCUT2D eigenvalue weighted by Gasteiger charge is 2.08. The Morgan fingerprint density at radius 2 is 1.56 bits per heavy atom. The van der Waals surface area contributed by atoms with Gasteiger partial charge in [-0.2, -0.15) is 5.10 Å². The molecule has 25 heavy (non-hydrogen) atoms. The van der Waals surface area contributed by atoms with Crippen LogP contribution in [0.2, 0.25) is 0 Å². The van der Waals surface area contributed by atoms with Crippen LogP contribution in [0.25, 0.3) is 0 Å². The second-order valence-corrected chi connectivity index (χ2v) is 6.22. The van der Waals surface area contributed by atoms with E-state index in [1.807, 2.05) is 30.3 Å². The van der Waals surface area contributed by atoms with Gasteiger partial charge < -0.3 is 5.11 Å². The third kappa shape index (κ3) is 10.3. The highest BCUT2D eigenvalue weighted by Crippen LogP contribution is 2.09. The lowest BCUT2D eigenvalue weighted by molar-refractivity contribution is -0.136. The number of carbonyl (C=O) groups is 2. The maximum atomic E-state index is 11.9. The predicted octanol–water partition coefficient (Wildman–Crippen LogP) is 4.51. The number of nitrogens with one attached hydrogen (secondary N) is 1. The van der Waals surface area contributed by atoms with Gasteiger partial charge in [-0.15, -0.1) is 0 Å². The van der Waals surface area contributed by atoms with Crippen molar-refractivity contribution in [2.24, 2.45) is 5.10 Å². The number of unbranched alkanes of at least 4 members (excludes halogenated alkanes) is 6. The molecule has 0 aromatic heterocycles. The Bertz CT molecular complexity index is 541. The Hall–Kier alpha value is -2.17. The Labute approximate surface area is 150 Å². The summed E-state index contributed by atoms with van der Waals surface area (Å²) in [4.78, 5) is 22.7. The van der Waals surface area contributed by atoms with Crippen molar-refractivity contribution >= 4 is 17.6 Å². The first-order valence-electron chi connectivity index (χ1n) is 9.26. The molecular weight excluding hydrogens is 316 g/mol. The second kappa shape index (κ2) is 13.2. The van der Waals surface area contributed by atoms with E-state index in [1.54, 1.807) is 0 Å². The van der Waals surface area contributed by atoms with Gasteiger partial charge in [0.15, 0.2) is 0 Å². The SMILES string of the molecule is CCCCCCCCCC(=O)N/N=C(\CCC(=O)O)c1ccccc1. The van der Waals surface area contributed by atoms with E-state index in [0.717, 1.165) is 18.4 Å². The molecular formula is C20H30N2O3. The van der Waals surface area contributed by atoms with Crippen molar-refractivity contribution in [2.45, 2.75) is 71.1 Å². The molecule has 0 spiro atoms. The predicted molar refractivity (Wildman–Crippen MR) is 101 cm³/mol. The fourth-order valence-electron chi connectivity index (χ4n) is 2.55. The number of carboxylic acid groups (broad SMARTS) is 1. The number of carbonyl (C=O) groups excluding carboxylic acids is 1. The van der Waals surface area contributed by atoms with Gasteiger partial charge in [0.25, 0.3) is 0 Å². The van der Waals surface area contributed by atoms with Crippen LogP contribution in [0.15, 0.2) is 35.4 Å². The van der Waals surface area contributed by atoms with Crippen molar-refractivity contribution < 1.29 is 14.7 Å². The molecule has 0 atom stereocenters. The van der Waals surface area contributed by atoms with Gasteiger partial charge in [0.05, 0.1) is 12.1 Å². The van der Waals surface area contributed by atoms with Gasteiger partial charge in [0, 0.05) is 12.8 Å². The van der Waals surface area contributed by atoms with E-state index in [4.69, 9.17) is 5.11 Å². The summed E-state index contributed by atoms with van der Waals surface area (Å²) in [5.41, 5.74) is 4.00. The lowest BCUT2D eigenvalue weighted by Crippen LogP contribution is -2.20. The Morgan fingerprint density at radius 1 is 0.920 bits per heavy atom. The van der Waals surface area contributed by atoms with Crippen LogP contribution in [0.1, 0.15) is 76.7 Å². The molecule has 0 heterocycles. The standard InChI is InChI=1S/C20H30N2O3/c1-2-3-4-5-6-7-11-14-19(23)22-21-18(15-16-20(24)25)17-12-9-8-10-13-17/h8-10,12-13H,2-7,11,14-16H2,1H3,(H,22,23)(H,24,25)/b21-18+. The number of carboxylic acids is 1. The summed E-state index contributed by atoms with van der Waals surface area (Å²) in [6.45, 7) is 2.20. The van der Waals surface area contributed by atoms with E-state index < -0.39 is 5.97 Å². The first-order chi connectivity index (χ1) is 12.1. The van der Waals surface area contributed by atoms with Crippen LogP contribution < -0.4 is 5.43 Å². The molecule has 0 bridgehead atoms. The zero-order valence-corrected chi connectivity index (χ0v) is 15.2. The summed E-state index contributed by atoms with van der Waals surface area (Å²) >= 11 is 0. The van der Waals surface area contributed by atoms with Crippen LogP contribution in [0.3, 0.4) is 0 Å². The molecule has 0 aliphatic heterocycles.